The Kier molecular flexibility index (Phi) is 12.7. The first kappa shape index (κ1) is 53.2. The number of hydrogen-bond acceptors (Lipinski definition) is 6. The van der Waals surface area contributed by atoms with Crippen LogP contribution in [0.25, 0.3) is 76.6 Å². The summed E-state index contributed by atoms with van der Waals surface area (Å²) in [5.74, 6) is -1.63. The van der Waals surface area contributed by atoms with Crippen LogP contribution < -0.4 is 10.6 Å². The Morgan fingerprint density at radius 3 is 1.70 bits per heavy atom. The fourth-order valence-corrected chi connectivity index (χ4v) is 14.8. The van der Waals surface area contributed by atoms with Gasteiger partial charge in [-0.25, -0.2) is 0 Å². The van der Waals surface area contributed by atoms with E-state index in [1.165, 1.54) is 0 Å². The molecule has 4 atom stereocenters. The van der Waals surface area contributed by atoms with E-state index in [-0.39, 0.29) is 56.9 Å². The normalized spacial score (nSPS) is 19.9. The fraction of sp³-hybridized carbons (Fsp3) is 0.290. The number of aromatic amines is 2. The predicted molar refractivity (Wildman–Crippen MR) is 326 cm³/mol. The van der Waals surface area contributed by atoms with Crippen molar-refractivity contribution in [3.8, 4) is 0 Å². The zero-order chi connectivity index (χ0) is 56.0. The van der Waals surface area contributed by atoms with Crippen LogP contribution in [-0.2, 0) is 18.4 Å². The molecule has 0 saturated heterocycles. The molecular weight excluding hydrogens is 1090 g/mol. The van der Waals surface area contributed by atoms with Gasteiger partial charge in [0.15, 0.2) is 16.6 Å². The lowest BCUT2D eigenvalue weighted by molar-refractivity contribution is -0.122. The largest absolute Gasteiger partial charge is 0.410 e. The molecule has 2 aliphatic carbocycles. The quantitative estimate of drug-likeness (QED) is 0.0675. The second-order valence-corrected chi connectivity index (χ2v) is 35.2. The molecule has 4 N–H and O–H groups in total. The van der Waals surface area contributed by atoms with E-state index in [4.69, 9.17) is 43.7 Å². The molecule has 4 aliphatic rings. The number of nitrogens with zero attached hydrogens (tertiary/aromatic N) is 2. The van der Waals surface area contributed by atoms with Gasteiger partial charge in [0, 0.05) is 94.6 Å². The Hall–Kier alpha value is -6.50. The molecule has 0 saturated carbocycles. The van der Waals surface area contributed by atoms with Gasteiger partial charge in [0.1, 0.15) is 5.15 Å². The minimum Gasteiger partial charge on any atom is -0.410 e. The Morgan fingerprint density at radius 1 is 0.544 bits per heavy atom. The number of amides is 4. The van der Waals surface area contributed by atoms with Crippen molar-refractivity contribution in [3.63, 3.8) is 0 Å². The van der Waals surface area contributed by atoms with E-state index in [1.54, 1.807) is 12.1 Å². The van der Waals surface area contributed by atoms with Gasteiger partial charge in [0.2, 0.25) is 0 Å². The third-order valence-corrected chi connectivity index (χ3v) is 27.2. The Balaban J connectivity index is 0.000000158. The third-order valence-electron chi connectivity index (χ3n) is 17.5. The third kappa shape index (κ3) is 8.68. The highest BCUT2D eigenvalue weighted by Crippen LogP contribution is 2.49. The highest BCUT2D eigenvalue weighted by atomic mass is 35.5. The molecule has 9 aromatic rings. The number of carbonyl (C=O) groups excluding carboxylic acids is 4. The first-order chi connectivity index (χ1) is 37.3. The maximum atomic E-state index is 13.4. The van der Waals surface area contributed by atoms with Gasteiger partial charge >= 0.3 is 0 Å². The molecule has 12 nitrogen and oxygen atoms in total. The van der Waals surface area contributed by atoms with Crippen molar-refractivity contribution in [3.05, 3.63) is 153 Å². The van der Waals surface area contributed by atoms with Crippen molar-refractivity contribution in [2.45, 2.75) is 115 Å². The Morgan fingerprint density at radius 2 is 1.06 bits per heavy atom. The number of halogens is 3. The van der Waals surface area contributed by atoms with E-state index in [2.05, 4.69) is 128 Å². The topological polar surface area (TPSA) is 152 Å². The van der Waals surface area contributed by atoms with Crippen molar-refractivity contribution in [2.75, 3.05) is 0 Å². The van der Waals surface area contributed by atoms with Gasteiger partial charge in [-0.15, -0.1) is 0 Å². The molecule has 5 aromatic carbocycles. The van der Waals surface area contributed by atoms with Crippen LogP contribution in [0.3, 0.4) is 0 Å². The minimum atomic E-state index is -1.96. The number of benzene rings is 5. The molecule has 17 heteroatoms. The smallest absolute Gasteiger partial charge is 0.259 e. The summed E-state index contributed by atoms with van der Waals surface area (Å²) in [5.41, 5.74) is 7.92. The second kappa shape index (κ2) is 18.8. The molecular formula is C62H61Cl3N6O6Si2. The molecule has 79 heavy (non-hydrogen) atoms. The van der Waals surface area contributed by atoms with Crippen LogP contribution in [0.5, 0.6) is 0 Å². The highest BCUT2D eigenvalue weighted by molar-refractivity contribution is 6.74. The molecule has 2 aliphatic heterocycles. The molecule has 13 rings (SSSR count). The number of allylic oxidation sites excluding steroid dienone is 2. The van der Waals surface area contributed by atoms with Gasteiger partial charge in [-0.3, -0.25) is 29.8 Å². The predicted octanol–water partition coefficient (Wildman–Crippen LogP) is 15.7. The summed E-state index contributed by atoms with van der Waals surface area (Å²) in [6, 6.07) is 27.1. The van der Waals surface area contributed by atoms with Crippen molar-refractivity contribution in [1.82, 2.24) is 29.7 Å². The monoisotopic (exact) mass is 1150 g/mol. The second-order valence-electron chi connectivity index (χ2n) is 24.4. The van der Waals surface area contributed by atoms with Crippen molar-refractivity contribution >= 4 is 152 Å². The van der Waals surface area contributed by atoms with E-state index in [0.717, 1.165) is 72.7 Å². The van der Waals surface area contributed by atoms with Crippen LogP contribution in [0.4, 0.5) is 0 Å². The zero-order valence-corrected chi connectivity index (χ0v) is 49.9. The number of para-hydroxylation sites is 2. The number of imide groups is 2. The molecule has 4 aromatic heterocycles. The lowest BCUT2D eigenvalue weighted by atomic mass is 9.95. The molecule has 0 bridgehead atoms. The summed E-state index contributed by atoms with van der Waals surface area (Å²) in [5, 5.41) is 11.7. The van der Waals surface area contributed by atoms with Crippen molar-refractivity contribution < 1.29 is 28.0 Å². The first-order valence-corrected chi connectivity index (χ1v) is 33.7. The van der Waals surface area contributed by atoms with Gasteiger partial charge in [-0.05, 0) is 72.7 Å². The molecule has 0 spiro atoms. The van der Waals surface area contributed by atoms with Crippen LogP contribution in [0.1, 0.15) is 98.3 Å². The molecule has 0 fully saturated rings. The van der Waals surface area contributed by atoms with Gasteiger partial charge in [-0.1, -0.05) is 149 Å². The van der Waals surface area contributed by atoms with Gasteiger partial charge in [0.25, 0.3) is 23.6 Å². The summed E-state index contributed by atoms with van der Waals surface area (Å²) in [6.07, 6.45) is 12.4. The van der Waals surface area contributed by atoms with Crippen LogP contribution in [-0.4, -0.2) is 71.6 Å². The minimum absolute atomic E-state index is 0.0171. The lowest BCUT2D eigenvalue weighted by Gasteiger charge is -2.38. The van der Waals surface area contributed by atoms with E-state index < -0.39 is 28.4 Å². The van der Waals surface area contributed by atoms with Gasteiger partial charge in [-0.2, -0.15) is 0 Å². The molecule has 6 heterocycles. The molecule has 3 unspecified atom stereocenters. The highest BCUT2D eigenvalue weighted by Gasteiger charge is 2.43. The SMILES string of the molecule is CC(C)(C)[Si](C)(C)OC1C=CC(n2cc(C3=C(c4c(Cl)[nH]c5cc(Cl)ccc45)C(=O)NC3=O)c3ccccc32)C1.CC(C)(C)[Si](C)(C)O[C@@H]1C=CC(n2c3ccccc3c3c4c(c5c6ccc(Cl)cc6[nH]c5c32)C(=O)NC4=O)C1. The number of fused-ring (bicyclic) bond motifs is 12. The number of nitrogens with one attached hydrogen (secondary N) is 4. The summed E-state index contributed by atoms with van der Waals surface area (Å²) in [7, 11) is -3.90. The van der Waals surface area contributed by atoms with Crippen LogP contribution in [0.15, 0.2) is 115 Å². The maximum Gasteiger partial charge on any atom is 0.259 e. The number of hydrogen-bond donors (Lipinski definition) is 4. The number of carbonyl (C=O) groups is 4. The average molecular weight is 1150 g/mol. The van der Waals surface area contributed by atoms with Gasteiger partial charge in [0.05, 0.1) is 57.6 Å². The summed E-state index contributed by atoms with van der Waals surface area (Å²) >= 11 is 19.2. The number of aromatic nitrogens is 4. The Bertz CT molecular complexity index is 4240. The standard InChI is InChI=1S/C31H31Cl2N3O3Si.C31H30ClN3O3Si/c1-31(2,3)40(4,5)39-19-12-11-18(15-19)36-16-22(20-8-6-7-9-24(20)36)26-27(30(38)35-29(26)37)25-21-13-10-17(32)14-23(21)34-28(25)33;1-31(2,3)39(4,5)38-18-12-11-17(15-18)35-22-9-7-6-8-20(22)24-26-25(29(36)34-30(26)37)23-19-13-10-16(32)14-21(19)33-27(23)28(24)35/h6-14,16,18-19,34H,15H2,1-5H3,(H,35,37,38);6-14,17-18,33H,15H2,1-5H3,(H,34,36,37)/t;17?,18-/m.1/s1. The molecule has 4 amide bonds. The maximum absolute atomic E-state index is 13.4. The van der Waals surface area contributed by atoms with Crippen molar-refractivity contribution in [1.29, 1.82) is 0 Å². The average Bonchev–Trinajstić information content (AvgIpc) is 4.41. The zero-order valence-electron chi connectivity index (χ0n) is 45.7. The molecule has 0 radical (unpaired) electrons. The summed E-state index contributed by atoms with van der Waals surface area (Å²) in [6.45, 7) is 22.6. The number of H-pyrrole nitrogens is 2. The van der Waals surface area contributed by atoms with Gasteiger partial charge < -0.3 is 28.0 Å². The summed E-state index contributed by atoms with van der Waals surface area (Å²) < 4.78 is 18.0. The van der Waals surface area contributed by atoms with Crippen LogP contribution in [0.2, 0.25) is 51.5 Å². The Labute approximate surface area is 474 Å². The van der Waals surface area contributed by atoms with E-state index >= 15 is 0 Å². The summed E-state index contributed by atoms with van der Waals surface area (Å²) in [4.78, 5) is 59.8. The van der Waals surface area contributed by atoms with E-state index in [1.807, 2.05) is 72.9 Å². The van der Waals surface area contributed by atoms with Crippen molar-refractivity contribution in [2.24, 2.45) is 0 Å². The van der Waals surface area contributed by atoms with E-state index in [0.29, 0.717) is 43.4 Å². The van der Waals surface area contributed by atoms with E-state index in [9.17, 15) is 19.2 Å². The van der Waals surface area contributed by atoms with Crippen LogP contribution >= 0.6 is 34.8 Å². The number of rotatable bonds is 8. The fourth-order valence-electron chi connectivity index (χ4n) is 11.6. The van der Waals surface area contributed by atoms with Crippen LogP contribution in [0, 0.1) is 0 Å². The lowest BCUT2D eigenvalue weighted by Crippen LogP contribution is -2.43. The molecule has 404 valence electrons. The first-order valence-electron chi connectivity index (χ1n) is 26.8.